The molecule has 0 unspecified atom stereocenters. The van der Waals surface area contributed by atoms with Crippen LogP contribution >= 0.6 is 0 Å². The van der Waals surface area contributed by atoms with Crippen LogP contribution in [0.3, 0.4) is 0 Å². The van der Waals surface area contributed by atoms with Gasteiger partial charge < -0.3 is 4.74 Å². The third-order valence-electron chi connectivity index (χ3n) is 3.96. The van der Waals surface area contributed by atoms with E-state index < -0.39 is 20.5 Å². The minimum atomic E-state index is -3.27. The number of hydrogen-bond donors (Lipinski definition) is 0. The largest absolute Gasteiger partial charge is 0.380 e. The zero-order valence-corrected chi connectivity index (χ0v) is 12.6. The second kappa shape index (κ2) is 5.55. The maximum atomic E-state index is 12.3. The zero-order valence-electron chi connectivity index (χ0n) is 11.7. The second-order valence-electron chi connectivity index (χ2n) is 5.05. The van der Waals surface area contributed by atoms with E-state index in [1.54, 1.807) is 6.92 Å². The van der Waals surface area contributed by atoms with Gasteiger partial charge in [-0.2, -0.15) is 5.26 Å². The van der Waals surface area contributed by atoms with Crippen molar-refractivity contribution in [2.75, 3.05) is 19.0 Å². The van der Waals surface area contributed by atoms with Crippen LogP contribution in [0, 0.1) is 16.7 Å². The SMILES string of the molecule is CCOC[C@@]1(C#N)[C@@H](c2ccccc2)[C@@H]1S(=O)(=O)CC. The molecule has 108 valence electrons. The normalized spacial score (nSPS) is 28.9. The maximum absolute atomic E-state index is 12.3. The summed E-state index contributed by atoms with van der Waals surface area (Å²) in [5.74, 6) is -0.235. The van der Waals surface area contributed by atoms with E-state index in [1.807, 2.05) is 37.3 Å². The molecule has 1 aromatic rings. The molecule has 0 radical (unpaired) electrons. The van der Waals surface area contributed by atoms with E-state index in [2.05, 4.69) is 6.07 Å². The Hall–Kier alpha value is -1.38. The van der Waals surface area contributed by atoms with Gasteiger partial charge in [-0.3, -0.25) is 0 Å². The van der Waals surface area contributed by atoms with Gasteiger partial charge in [-0.25, -0.2) is 8.42 Å². The summed E-state index contributed by atoms with van der Waals surface area (Å²) in [4.78, 5) is 0. The highest BCUT2D eigenvalue weighted by Gasteiger charge is 2.71. The van der Waals surface area contributed by atoms with Crippen LogP contribution in [0.15, 0.2) is 30.3 Å². The van der Waals surface area contributed by atoms with Gasteiger partial charge in [-0.1, -0.05) is 37.3 Å². The smallest absolute Gasteiger partial charge is 0.155 e. The predicted molar refractivity (Wildman–Crippen MR) is 77.0 cm³/mol. The minimum absolute atomic E-state index is 0.0521. The van der Waals surface area contributed by atoms with E-state index in [1.165, 1.54) is 0 Å². The summed E-state index contributed by atoms with van der Waals surface area (Å²) < 4.78 is 29.9. The van der Waals surface area contributed by atoms with E-state index in [0.29, 0.717) is 6.61 Å². The van der Waals surface area contributed by atoms with E-state index in [-0.39, 0.29) is 18.3 Å². The molecule has 1 aliphatic rings. The summed E-state index contributed by atoms with van der Waals surface area (Å²) >= 11 is 0. The van der Waals surface area contributed by atoms with E-state index in [4.69, 9.17) is 4.74 Å². The van der Waals surface area contributed by atoms with Crippen LogP contribution in [-0.2, 0) is 14.6 Å². The monoisotopic (exact) mass is 293 g/mol. The molecular weight excluding hydrogens is 274 g/mol. The Labute approximate surface area is 120 Å². The molecule has 0 amide bonds. The zero-order chi connectivity index (χ0) is 14.8. The molecule has 3 atom stereocenters. The minimum Gasteiger partial charge on any atom is -0.380 e. The van der Waals surface area contributed by atoms with Crippen LogP contribution in [0.4, 0.5) is 0 Å². The van der Waals surface area contributed by atoms with Crippen molar-refractivity contribution >= 4 is 9.84 Å². The first-order chi connectivity index (χ1) is 9.53. The molecule has 0 heterocycles. The van der Waals surface area contributed by atoms with Gasteiger partial charge in [0.1, 0.15) is 5.41 Å². The molecule has 0 bridgehead atoms. The van der Waals surface area contributed by atoms with Gasteiger partial charge in [0.25, 0.3) is 0 Å². The molecule has 2 rings (SSSR count). The summed E-state index contributed by atoms with van der Waals surface area (Å²) in [5.41, 5.74) is -0.0394. The summed E-state index contributed by atoms with van der Waals surface area (Å²) in [6.45, 7) is 4.11. The van der Waals surface area contributed by atoms with Crippen molar-refractivity contribution in [1.29, 1.82) is 5.26 Å². The van der Waals surface area contributed by atoms with Gasteiger partial charge in [0.15, 0.2) is 9.84 Å². The Bertz CT molecular complexity index is 606. The first-order valence-electron chi connectivity index (χ1n) is 6.79. The van der Waals surface area contributed by atoms with E-state index in [9.17, 15) is 13.7 Å². The van der Waals surface area contributed by atoms with Crippen LogP contribution in [-0.4, -0.2) is 32.6 Å². The lowest BCUT2D eigenvalue weighted by Gasteiger charge is -2.09. The van der Waals surface area contributed by atoms with Crippen molar-refractivity contribution in [3.63, 3.8) is 0 Å². The fourth-order valence-electron chi connectivity index (χ4n) is 2.85. The van der Waals surface area contributed by atoms with Gasteiger partial charge in [0.2, 0.25) is 0 Å². The molecule has 1 aliphatic carbocycles. The molecule has 5 heteroatoms. The third kappa shape index (κ3) is 2.34. The van der Waals surface area contributed by atoms with Crippen molar-refractivity contribution in [3.8, 4) is 6.07 Å². The first-order valence-corrected chi connectivity index (χ1v) is 8.50. The van der Waals surface area contributed by atoms with Crippen LogP contribution < -0.4 is 0 Å². The molecular formula is C15H19NO3S. The molecule has 0 aliphatic heterocycles. The molecule has 20 heavy (non-hydrogen) atoms. The summed E-state index contributed by atoms with van der Waals surface area (Å²) in [7, 11) is -3.27. The van der Waals surface area contributed by atoms with Gasteiger partial charge in [0, 0.05) is 18.3 Å². The number of ether oxygens (including phenoxy) is 1. The average Bonchev–Trinajstić information content (AvgIpc) is 3.16. The fraction of sp³-hybridized carbons (Fsp3) is 0.533. The Morgan fingerprint density at radius 1 is 1.30 bits per heavy atom. The molecule has 0 N–H and O–H groups in total. The highest BCUT2D eigenvalue weighted by molar-refractivity contribution is 7.92. The Kier molecular flexibility index (Phi) is 4.17. The van der Waals surface area contributed by atoms with Gasteiger partial charge in [0.05, 0.1) is 17.9 Å². The number of sulfone groups is 1. The van der Waals surface area contributed by atoms with Crippen LogP contribution in [0.25, 0.3) is 0 Å². The molecule has 1 fully saturated rings. The van der Waals surface area contributed by atoms with Crippen LogP contribution in [0.2, 0.25) is 0 Å². The third-order valence-corrected chi connectivity index (χ3v) is 6.23. The van der Waals surface area contributed by atoms with Gasteiger partial charge in [-0.05, 0) is 12.5 Å². The molecule has 4 nitrogen and oxygen atoms in total. The summed E-state index contributed by atoms with van der Waals surface area (Å²) in [6, 6.07) is 11.6. The Morgan fingerprint density at radius 2 is 1.95 bits per heavy atom. The van der Waals surface area contributed by atoms with Gasteiger partial charge >= 0.3 is 0 Å². The maximum Gasteiger partial charge on any atom is 0.155 e. The Balaban J connectivity index is 2.41. The van der Waals surface area contributed by atoms with Crippen molar-refractivity contribution in [2.45, 2.75) is 25.0 Å². The number of nitriles is 1. The molecule has 1 saturated carbocycles. The number of benzene rings is 1. The Morgan fingerprint density at radius 3 is 2.45 bits per heavy atom. The second-order valence-corrected chi connectivity index (χ2v) is 7.46. The lowest BCUT2D eigenvalue weighted by molar-refractivity contribution is 0.117. The van der Waals surface area contributed by atoms with Gasteiger partial charge in [-0.15, -0.1) is 0 Å². The number of rotatable bonds is 6. The van der Waals surface area contributed by atoms with Crippen molar-refractivity contribution in [1.82, 2.24) is 0 Å². The predicted octanol–water partition coefficient (Wildman–Crippen LogP) is 2.13. The number of hydrogen-bond acceptors (Lipinski definition) is 4. The standard InChI is InChI=1S/C15H19NO3S/c1-3-19-11-15(10-16)13(12-8-6-5-7-9-12)14(15)20(17,18)4-2/h5-9,13-14H,3-4,11H2,1-2H3/t13-,14-,15-/m0/s1. The highest BCUT2D eigenvalue weighted by Crippen LogP contribution is 2.62. The molecule has 0 spiro atoms. The van der Waals surface area contributed by atoms with E-state index >= 15 is 0 Å². The lowest BCUT2D eigenvalue weighted by Crippen LogP contribution is -2.20. The fourth-order valence-corrected chi connectivity index (χ4v) is 4.86. The summed E-state index contributed by atoms with van der Waals surface area (Å²) in [5, 5.41) is 8.90. The molecule has 1 aromatic carbocycles. The van der Waals surface area contributed by atoms with Crippen LogP contribution in [0.1, 0.15) is 25.3 Å². The molecule has 0 aromatic heterocycles. The first kappa shape index (κ1) is 15.0. The number of nitrogens with zero attached hydrogens (tertiary/aromatic N) is 1. The van der Waals surface area contributed by atoms with Crippen molar-refractivity contribution in [3.05, 3.63) is 35.9 Å². The van der Waals surface area contributed by atoms with Crippen molar-refractivity contribution < 1.29 is 13.2 Å². The average molecular weight is 293 g/mol. The summed E-state index contributed by atoms with van der Waals surface area (Å²) in [6.07, 6.45) is 0. The quantitative estimate of drug-likeness (QED) is 0.806. The highest BCUT2D eigenvalue weighted by atomic mass is 32.2. The molecule has 0 saturated heterocycles. The topological polar surface area (TPSA) is 67.2 Å². The van der Waals surface area contributed by atoms with E-state index in [0.717, 1.165) is 5.56 Å². The van der Waals surface area contributed by atoms with Crippen LogP contribution in [0.5, 0.6) is 0 Å². The van der Waals surface area contributed by atoms with Crippen molar-refractivity contribution in [2.24, 2.45) is 5.41 Å². The lowest BCUT2D eigenvalue weighted by atomic mass is 10.0.